The van der Waals surface area contributed by atoms with Gasteiger partial charge in [-0.1, -0.05) is 25.9 Å². The molecule has 2 rings (SSSR count). The van der Waals surface area contributed by atoms with Crippen molar-refractivity contribution in [3.05, 3.63) is 35.5 Å². The van der Waals surface area contributed by atoms with Crippen LogP contribution < -0.4 is 20.1 Å². The number of benzene rings is 1. The number of ether oxygens (including phenoxy) is 2. The molecule has 1 heterocycles. The second kappa shape index (κ2) is 11.1. The minimum absolute atomic E-state index is 0. The normalized spacial score (nSPS) is 11.6. The first kappa shape index (κ1) is 24.0. The molecular formula is C19H30IN5O3. The lowest BCUT2D eigenvalue weighted by atomic mass is 9.97. The number of nitrogens with one attached hydrogen (secondary N) is 2. The van der Waals surface area contributed by atoms with Gasteiger partial charge in [-0.25, -0.2) is 4.99 Å². The Kier molecular flexibility index (Phi) is 9.50. The molecule has 0 unspecified atom stereocenters. The maximum absolute atomic E-state index is 5.42. The van der Waals surface area contributed by atoms with E-state index < -0.39 is 0 Å². The SMILES string of the molecule is CCNC(=NCc1ccc(OC)cc1OC)NCc1noc(C(C)(C)C)n1.I. The average Bonchev–Trinajstić information content (AvgIpc) is 3.13. The van der Waals surface area contributed by atoms with Crippen LogP contribution in [0, 0.1) is 0 Å². The average molecular weight is 503 g/mol. The summed E-state index contributed by atoms with van der Waals surface area (Å²) < 4.78 is 16.0. The monoisotopic (exact) mass is 503 g/mol. The third-order valence-corrected chi connectivity index (χ3v) is 3.77. The van der Waals surface area contributed by atoms with Crippen LogP contribution in [0.5, 0.6) is 11.5 Å². The lowest BCUT2D eigenvalue weighted by Crippen LogP contribution is -2.37. The van der Waals surface area contributed by atoms with Gasteiger partial charge in [0.2, 0.25) is 5.89 Å². The van der Waals surface area contributed by atoms with E-state index in [1.165, 1.54) is 0 Å². The van der Waals surface area contributed by atoms with Crippen molar-refractivity contribution >= 4 is 29.9 Å². The van der Waals surface area contributed by atoms with Gasteiger partial charge >= 0.3 is 0 Å². The number of aliphatic imine (C=N–C) groups is 1. The zero-order valence-electron chi connectivity index (χ0n) is 17.3. The molecular weight excluding hydrogens is 473 g/mol. The highest BCUT2D eigenvalue weighted by molar-refractivity contribution is 14.0. The molecule has 8 nitrogen and oxygen atoms in total. The molecule has 1 aromatic carbocycles. The first-order valence-corrected chi connectivity index (χ1v) is 8.93. The second-order valence-electron chi connectivity index (χ2n) is 6.99. The number of hydrogen-bond donors (Lipinski definition) is 2. The summed E-state index contributed by atoms with van der Waals surface area (Å²) in [5, 5.41) is 10.4. The fraction of sp³-hybridized carbons (Fsp3) is 0.526. The molecule has 0 aliphatic rings. The molecule has 0 saturated carbocycles. The maximum atomic E-state index is 5.42. The van der Waals surface area contributed by atoms with E-state index >= 15 is 0 Å². The van der Waals surface area contributed by atoms with Gasteiger partial charge in [-0.2, -0.15) is 4.98 Å². The topological polar surface area (TPSA) is 93.8 Å². The quantitative estimate of drug-likeness (QED) is 0.341. The third-order valence-electron chi connectivity index (χ3n) is 3.77. The van der Waals surface area contributed by atoms with Gasteiger partial charge in [-0.05, 0) is 19.1 Å². The molecule has 0 bridgehead atoms. The van der Waals surface area contributed by atoms with Crippen molar-refractivity contribution in [2.45, 2.75) is 46.2 Å². The van der Waals surface area contributed by atoms with Crippen molar-refractivity contribution in [2.75, 3.05) is 20.8 Å². The maximum Gasteiger partial charge on any atom is 0.232 e. The summed E-state index contributed by atoms with van der Waals surface area (Å²) in [6.45, 7) is 9.73. The van der Waals surface area contributed by atoms with Gasteiger partial charge in [0.25, 0.3) is 0 Å². The Labute approximate surface area is 183 Å². The van der Waals surface area contributed by atoms with E-state index in [4.69, 9.17) is 14.0 Å². The Morgan fingerprint density at radius 1 is 1.18 bits per heavy atom. The number of nitrogens with zero attached hydrogens (tertiary/aromatic N) is 3. The van der Waals surface area contributed by atoms with Crippen LogP contribution in [0.1, 0.15) is 45.0 Å². The Morgan fingerprint density at radius 2 is 1.93 bits per heavy atom. The number of rotatable bonds is 7. The van der Waals surface area contributed by atoms with Gasteiger partial charge in [-0.3, -0.25) is 0 Å². The molecule has 2 aromatic rings. The van der Waals surface area contributed by atoms with Crippen molar-refractivity contribution in [3.63, 3.8) is 0 Å². The fourth-order valence-electron chi connectivity index (χ4n) is 2.28. The van der Waals surface area contributed by atoms with E-state index in [-0.39, 0.29) is 29.4 Å². The van der Waals surface area contributed by atoms with Gasteiger partial charge in [-0.15, -0.1) is 24.0 Å². The molecule has 1 aromatic heterocycles. The molecule has 0 spiro atoms. The highest BCUT2D eigenvalue weighted by Gasteiger charge is 2.21. The van der Waals surface area contributed by atoms with E-state index in [0.29, 0.717) is 30.8 Å². The second-order valence-corrected chi connectivity index (χ2v) is 6.99. The van der Waals surface area contributed by atoms with Crippen molar-refractivity contribution < 1.29 is 14.0 Å². The Morgan fingerprint density at radius 3 is 2.50 bits per heavy atom. The zero-order chi connectivity index (χ0) is 19.9. The molecule has 156 valence electrons. The predicted octanol–water partition coefficient (Wildman–Crippen LogP) is 3.26. The van der Waals surface area contributed by atoms with Crippen LogP contribution >= 0.6 is 24.0 Å². The first-order valence-electron chi connectivity index (χ1n) is 8.93. The molecule has 0 atom stereocenters. The van der Waals surface area contributed by atoms with Crippen LogP contribution in [0.3, 0.4) is 0 Å². The lowest BCUT2D eigenvalue weighted by molar-refractivity contribution is 0.318. The van der Waals surface area contributed by atoms with E-state index in [0.717, 1.165) is 23.6 Å². The molecule has 0 radical (unpaired) electrons. The highest BCUT2D eigenvalue weighted by Crippen LogP contribution is 2.25. The number of hydrogen-bond acceptors (Lipinski definition) is 6. The Balaban J connectivity index is 0.00000392. The summed E-state index contributed by atoms with van der Waals surface area (Å²) in [7, 11) is 3.26. The number of methoxy groups -OCH3 is 2. The van der Waals surface area contributed by atoms with Crippen LogP contribution in [0.25, 0.3) is 0 Å². The van der Waals surface area contributed by atoms with E-state index in [1.807, 2.05) is 45.9 Å². The summed E-state index contributed by atoms with van der Waals surface area (Å²) in [6, 6.07) is 5.68. The van der Waals surface area contributed by atoms with E-state index in [2.05, 4.69) is 25.8 Å². The van der Waals surface area contributed by atoms with Gasteiger partial charge in [0.05, 0.1) is 27.3 Å². The molecule has 2 N–H and O–H groups in total. The van der Waals surface area contributed by atoms with Crippen molar-refractivity contribution in [2.24, 2.45) is 4.99 Å². The van der Waals surface area contributed by atoms with E-state index in [1.54, 1.807) is 14.2 Å². The largest absolute Gasteiger partial charge is 0.497 e. The van der Waals surface area contributed by atoms with Gasteiger partial charge < -0.3 is 24.6 Å². The molecule has 28 heavy (non-hydrogen) atoms. The van der Waals surface area contributed by atoms with Crippen molar-refractivity contribution in [1.82, 2.24) is 20.8 Å². The summed E-state index contributed by atoms with van der Waals surface area (Å²) in [5.74, 6) is 3.35. The standard InChI is InChI=1S/C19H29N5O3.HI/c1-7-20-18(22-12-16-23-17(27-24-16)19(2,3)4)21-11-13-8-9-14(25-5)10-15(13)26-6;/h8-10H,7,11-12H2,1-6H3,(H2,20,21,22);1H. The van der Waals surface area contributed by atoms with Gasteiger partial charge in [0.15, 0.2) is 11.8 Å². The van der Waals surface area contributed by atoms with Crippen LogP contribution in [-0.4, -0.2) is 36.9 Å². The molecule has 0 fully saturated rings. The Bertz CT molecular complexity index is 771. The van der Waals surface area contributed by atoms with Crippen LogP contribution in [-0.2, 0) is 18.5 Å². The van der Waals surface area contributed by atoms with E-state index in [9.17, 15) is 0 Å². The smallest absolute Gasteiger partial charge is 0.232 e. The highest BCUT2D eigenvalue weighted by atomic mass is 127. The van der Waals surface area contributed by atoms with Crippen molar-refractivity contribution in [1.29, 1.82) is 0 Å². The number of guanidine groups is 1. The fourth-order valence-corrected chi connectivity index (χ4v) is 2.28. The van der Waals surface area contributed by atoms with Crippen molar-refractivity contribution in [3.8, 4) is 11.5 Å². The molecule has 0 aliphatic carbocycles. The third kappa shape index (κ3) is 6.84. The zero-order valence-corrected chi connectivity index (χ0v) is 19.7. The Hall–Kier alpha value is -2.04. The summed E-state index contributed by atoms with van der Waals surface area (Å²) in [5.41, 5.74) is 0.791. The van der Waals surface area contributed by atoms with Crippen LogP contribution in [0.2, 0.25) is 0 Å². The minimum Gasteiger partial charge on any atom is -0.497 e. The van der Waals surface area contributed by atoms with Crippen LogP contribution in [0.15, 0.2) is 27.7 Å². The minimum atomic E-state index is -0.172. The first-order chi connectivity index (χ1) is 12.9. The molecule has 0 saturated heterocycles. The lowest BCUT2D eigenvalue weighted by Gasteiger charge is -2.12. The van der Waals surface area contributed by atoms with Gasteiger partial charge in [0, 0.05) is 23.6 Å². The summed E-state index contributed by atoms with van der Waals surface area (Å²) in [6.07, 6.45) is 0. The number of halogens is 1. The predicted molar refractivity (Wildman–Crippen MR) is 120 cm³/mol. The summed E-state index contributed by atoms with van der Waals surface area (Å²) >= 11 is 0. The summed E-state index contributed by atoms with van der Waals surface area (Å²) in [4.78, 5) is 9.03. The van der Waals surface area contributed by atoms with Crippen LogP contribution in [0.4, 0.5) is 0 Å². The molecule has 0 amide bonds. The number of aromatic nitrogens is 2. The molecule has 0 aliphatic heterocycles. The molecule has 9 heteroatoms. The van der Waals surface area contributed by atoms with Gasteiger partial charge in [0.1, 0.15) is 11.5 Å².